The zero-order valence-corrected chi connectivity index (χ0v) is 10.3. The lowest BCUT2D eigenvalue weighted by atomic mass is 10.4. The summed E-state index contributed by atoms with van der Waals surface area (Å²) < 4.78 is 1.86. The van der Waals surface area contributed by atoms with Crippen LogP contribution in [-0.4, -0.2) is 14.8 Å². The Morgan fingerprint density at radius 2 is 2.25 bits per heavy atom. The number of aromatic amines is 1. The van der Waals surface area contributed by atoms with Crippen LogP contribution < -0.4 is 5.32 Å². The second-order valence-corrected chi connectivity index (χ2v) is 4.28. The molecule has 2 N–H and O–H groups in total. The minimum absolute atomic E-state index is 0.569. The second kappa shape index (κ2) is 4.91. The van der Waals surface area contributed by atoms with Crippen LogP contribution >= 0.6 is 23.2 Å². The molecule has 2 aromatic rings. The molecule has 2 heterocycles. The largest absolute Gasteiger partial charge is 0.336 e. The summed E-state index contributed by atoms with van der Waals surface area (Å²) in [4.78, 5) is 0. The summed E-state index contributed by atoms with van der Waals surface area (Å²) in [6, 6.07) is 3.79. The summed E-state index contributed by atoms with van der Waals surface area (Å²) in [5.41, 5.74) is 2.10. The molecule has 2 rings (SSSR count). The molecular formula is C10H12Cl2N4. The van der Waals surface area contributed by atoms with Crippen molar-refractivity contribution < 1.29 is 0 Å². The van der Waals surface area contributed by atoms with Gasteiger partial charge in [0.15, 0.2) is 0 Å². The van der Waals surface area contributed by atoms with E-state index in [0.717, 1.165) is 17.9 Å². The number of rotatable bonds is 4. The summed E-state index contributed by atoms with van der Waals surface area (Å²) in [5.74, 6) is 0. The summed E-state index contributed by atoms with van der Waals surface area (Å²) in [6.45, 7) is 1.45. The predicted octanol–water partition coefficient (Wildman–Crippen LogP) is 2.34. The topological polar surface area (TPSA) is 45.6 Å². The van der Waals surface area contributed by atoms with Gasteiger partial charge < -0.3 is 9.88 Å². The molecular weight excluding hydrogens is 247 g/mol. The molecule has 0 radical (unpaired) electrons. The quantitative estimate of drug-likeness (QED) is 0.885. The van der Waals surface area contributed by atoms with Crippen LogP contribution in [0.25, 0.3) is 0 Å². The molecule has 0 unspecified atom stereocenters. The average Bonchev–Trinajstić information content (AvgIpc) is 2.85. The molecule has 0 aliphatic rings. The Kier molecular flexibility index (Phi) is 3.53. The van der Waals surface area contributed by atoms with E-state index in [4.69, 9.17) is 23.2 Å². The van der Waals surface area contributed by atoms with E-state index in [1.807, 2.05) is 23.7 Å². The van der Waals surface area contributed by atoms with Gasteiger partial charge in [-0.25, -0.2) is 0 Å². The number of nitrogens with zero attached hydrogens (tertiary/aromatic N) is 2. The second-order valence-electron chi connectivity index (χ2n) is 3.52. The van der Waals surface area contributed by atoms with Crippen LogP contribution in [0, 0.1) is 0 Å². The zero-order chi connectivity index (χ0) is 11.5. The van der Waals surface area contributed by atoms with Crippen molar-refractivity contribution in [2.24, 2.45) is 7.05 Å². The fourth-order valence-electron chi connectivity index (χ4n) is 1.47. The van der Waals surface area contributed by atoms with E-state index >= 15 is 0 Å². The number of nitrogens with one attached hydrogen (secondary N) is 2. The number of halogens is 2. The van der Waals surface area contributed by atoms with Crippen molar-refractivity contribution in [3.05, 3.63) is 39.9 Å². The SMILES string of the molecule is Cn1c(CNCc2ccn[nH]2)cc(Cl)c1Cl. The number of aromatic nitrogens is 3. The molecule has 0 saturated heterocycles. The molecule has 0 aliphatic carbocycles. The Morgan fingerprint density at radius 3 is 2.81 bits per heavy atom. The minimum atomic E-state index is 0.569. The average molecular weight is 259 g/mol. The van der Waals surface area contributed by atoms with E-state index in [1.54, 1.807) is 6.20 Å². The van der Waals surface area contributed by atoms with Crippen LogP contribution in [0.15, 0.2) is 18.3 Å². The standard InChI is InChI=1S/C10H12Cl2N4/c1-16-8(4-9(11)10(16)12)6-13-5-7-2-3-14-15-7/h2-4,13H,5-6H2,1H3,(H,14,15). The first kappa shape index (κ1) is 11.5. The Balaban J connectivity index is 1.92. The molecule has 0 saturated carbocycles. The van der Waals surface area contributed by atoms with Gasteiger partial charge >= 0.3 is 0 Å². The molecule has 0 aromatic carbocycles. The molecule has 0 aliphatic heterocycles. The molecule has 0 fully saturated rings. The molecule has 6 heteroatoms. The monoisotopic (exact) mass is 258 g/mol. The first-order chi connectivity index (χ1) is 7.68. The molecule has 0 bridgehead atoms. The van der Waals surface area contributed by atoms with Gasteiger partial charge in [-0.15, -0.1) is 0 Å². The highest BCUT2D eigenvalue weighted by Gasteiger charge is 2.08. The Bertz CT molecular complexity index is 461. The van der Waals surface area contributed by atoms with Gasteiger partial charge in [-0.2, -0.15) is 5.10 Å². The normalized spacial score (nSPS) is 10.9. The van der Waals surface area contributed by atoms with Crippen LogP contribution in [-0.2, 0) is 20.1 Å². The third kappa shape index (κ3) is 2.40. The van der Waals surface area contributed by atoms with Gasteiger partial charge in [0.25, 0.3) is 0 Å². The van der Waals surface area contributed by atoms with E-state index < -0.39 is 0 Å². The van der Waals surface area contributed by atoms with Crippen molar-refractivity contribution in [1.82, 2.24) is 20.1 Å². The zero-order valence-electron chi connectivity index (χ0n) is 8.80. The summed E-state index contributed by atoms with van der Waals surface area (Å²) in [7, 11) is 1.89. The van der Waals surface area contributed by atoms with Gasteiger partial charge in [-0.05, 0) is 12.1 Å². The fourth-order valence-corrected chi connectivity index (χ4v) is 1.88. The molecule has 16 heavy (non-hydrogen) atoms. The first-order valence-corrected chi connectivity index (χ1v) is 5.62. The van der Waals surface area contributed by atoms with Crippen molar-refractivity contribution in [1.29, 1.82) is 0 Å². The Hall–Kier alpha value is -0.970. The Labute approximate surface area is 104 Å². The Morgan fingerprint density at radius 1 is 1.44 bits per heavy atom. The lowest BCUT2D eigenvalue weighted by molar-refractivity contribution is 0.644. The van der Waals surface area contributed by atoms with Crippen LogP contribution in [0.1, 0.15) is 11.4 Å². The molecule has 0 spiro atoms. The lowest BCUT2D eigenvalue weighted by Gasteiger charge is -2.05. The van der Waals surface area contributed by atoms with Crippen molar-refractivity contribution in [2.75, 3.05) is 0 Å². The summed E-state index contributed by atoms with van der Waals surface area (Å²) in [6.07, 6.45) is 1.73. The van der Waals surface area contributed by atoms with Gasteiger partial charge in [0.1, 0.15) is 5.15 Å². The van der Waals surface area contributed by atoms with E-state index in [0.29, 0.717) is 16.7 Å². The highest BCUT2D eigenvalue weighted by molar-refractivity contribution is 6.41. The number of hydrogen-bond acceptors (Lipinski definition) is 2. The van der Waals surface area contributed by atoms with Crippen LogP contribution in [0.3, 0.4) is 0 Å². The van der Waals surface area contributed by atoms with Crippen molar-refractivity contribution >= 4 is 23.2 Å². The minimum Gasteiger partial charge on any atom is -0.336 e. The van der Waals surface area contributed by atoms with Gasteiger partial charge in [-0.3, -0.25) is 5.10 Å². The van der Waals surface area contributed by atoms with Crippen LogP contribution in [0.4, 0.5) is 0 Å². The third-order valence-electron chi connectivity index (χ3n) is 2.40. The number of H-pyrrole nitrogens is 1. The van der Waals surface area contributed by atoms with E-state index in [-0.39, 0.29) is 0 Å². The van der Waals surface area contributed by atoms with Gasteiger partial charge in [-0.1, -0.05) is 23.2 Å². The van der Waals surface area contributed by atoms with Crippen LogP contribution in [0.2, 0.25) is 10.2 Å². The molecule has 2 aromatic heterocycles. The van der Waals surface area contributed by atoms with Crippen molar-refractivity contribution in [3.63, 3.8) is 0 Å². The molecule has 86 valence electrons. The highest BCUT2D eigenvalue weighted by atomic mass is 35.5. The molecule has 0 amide bonds. The first-order valence-electron chi connectivity index (χ1n) is 4.87. The lowest BCUT2D eigenvalue weighted by Crippen LogP contribution is -2.15. The van der Waals surface area contributed by atoms with E-state index in [1.165, 1.54) is 0 Å². The maximum absolute atomic E-state index is 5.96. The summed E-state index contributed by atoms with van der Waals surface area (Å²) in [5, 5.41) is 11.2. The highest BCUT2D eigenvalue weighted by Crippen LogP contribution is 2.24. The molecule has 0 atom stereocenters. The van der Waals surface area contributed by atoms with Crippen LogP contribution in [0.5, 0.6) is 0 Å². The summed E-state index contributed by atoms with van der Waals surface area (Å²) >= 11 is 11.9. The van der Waals surface area contributed by atoms with Gasteiger partial charge in [0.2, 0.25) is 0 Å². The fraction of sp³-hybridized carbons (Fsp3) is 0.300. The van der Waals surface area contributed by atoms with Crippen molar-refractivity contribution in [3.8, 4) is 0 Å². The van der Waals surface area contributed by atoms with Gasteiger partial charge in [0.05, 0.1) is 5.02 Å². The third-order valence-corrected chi connectivity index (χ3v) is 3.24. The van der Waals surface area contributed by atoms with E-state index in [9.17, 15) is 0 Å². The van der Waals surface area contributed by atoms with Gasteiger partial charge in [0, 0.05) is 37.7 Å². The smallest absolute Gasteiger partial charge is 0.127 e. The number of hydrogen-bond donors (Lipinski definition) is 2. The maximum atomic E-state index is 5.96. The maximum Gasteiger partial charge on any atom is 0.127 e. The molecule has 4 nitrogen and oxygen atoms in total. The van der Waals surface area contributed by atoms with Crippen molar-refractivity contribution in [2.45, 2.75) is 13.1 Å². The van der Waals surface area contributed by atoms with E-state index in [2.05, 4.69) is 15.5 Å². The predicted molar refractivity (Wildman–Crippen MR) is 64.6 cm³/mol.